The largest absolute Gasteiger partial charge is 0.480 e. The number of aryl methyl sites for hydroxylation is 2. The molecule has 3 N–H and O–H groups in total. The van der Waals surface area contributed by atoms with Crippen LogP contribution < -0.4 is 10.6 Å². The van der Waals surface area contributed by atoms with Crippen molar-refractivity contribution in [1.29, 1.82) is 0 Å². The van der Waals surface area contributed by atoms with Crippen LogP contribution in [0.15, 0.2) is 30.3 Å². The highest BCUT2D eigenvalue weighted by Crippen LogP contribution is 2.30. The van der Waals surface area contributed by atoms with Crippen LogP contribution in [0.2, 0.25) is 0 Å². The predicted octanol–water partition coefficient (Wildman–Crippen LogP) is 5.36. The van der Waals surface area contributed by atoms with Gasteiger partial charge in [0.1, 0.15) is 17.7 Å². The van der Waals surface area contributed by atoms with Gasteiger partial charge >= 0.3 is 12.1 Å². The van der Waals surface area contributed by atoms with Crippen molar-refractivity contribution in [2.75, 3.05) is 11.9 Å². The monoisotopic (exact) mass is 495 g/mol. The van der Waals surface area contributed by atoms with Gasteiger partial charge in [-0.3, -0.25) is 4.79 Å². The van der Waals surface area contributed by atoms with Crippen molar-refractivity contribution in [1.82, 2.24) is 10.3 Å². The number of anilines is 1. The van der Waals surface area contributed by atoms with Crippen LogP contribution >= 0.6 is 0 Å². The minimum absolute atomic E-state index is 0.126. The zero-order valence-electron chi connectivity index (χ0n) is 19.3. The molecule has 0 saturated carbocycles. The second-order valence-electron chi connectivity index (χ2n) is 8.74. The van der Waals surface area contributed by atoms with Gasteiger partial charge < -0.3 is 15.7 Å². The third kappa shape index (κ3) is 7.93. The van der Waals surface area contributed by atoms with E-state index in [1.807, 2.05) is 0 Å². The van der Waals surface area contributed by atoms with Crippen LogP contribution in [0.25, 0.3) is 0 Å². The maximum atomic E-state index is 13.5. The smallest absolute Gasteiger partial charge is 0.416 e. The number of rotatable bonds is 11. The topological polar surface area (TPSA) is 91.3 Å². The molecule has 6 nitrogen and oxygen atoms in total. The number of carboxylic acid groups (broad SMARTS) is 1. The first-order valence-electron chi connectivity index (χ1n) is 11.8. The molecule has 3 rings (SSSR count). The zero-order valence-corrected chi connectivity index (χ0v) is 19.3. The molecule has 1 aliphatic rings. The summed E-state index contributed by atoms with van der Waals surface area (Å²) in [6.07, 6.45) is 2.36. The van der Waals surface area contributed by atoms with Crippen LogP contribution in [-0.4, -0.2) is 34.6 Å². The highest BCUT2D eigenvalue weighted by molar-refractivity contribution is 5.96. The Morgan fingerprint density at radius 2 is 1.83 bits per heavy atom. The second-order valence-corrected chi connectivity index (χ2v) is 8.74. The van der Waals surface area contributed by atoms with Crippen molar-refractivity contribution in [2.45, 2.75) is 70.0 Å². The number of amides is 1. The molecule has 0 bridgehead atoms. The van der Waals surface area contributed by atoms with Gasteiger partial charge in [0, 0.05) is 17.8 Å². The molecule has 1 aliphatic heterocycles. The average Bonchev–Trinajstić information content (AvgIpc) is 2.81. The van der Waals surface area contributed by atoms with Gasteiger partial charge in [0.15, 0.2) is 0 Å². The van der Waals surface area contributed by atoms with E-state index < -0.39 is 41.0 Å². The number of aliphatic carboxylic acids is 1. The number of pyridine rings is 1. The summed E-state index contributed by atoms with van der Waals surface area (Å²) in [6, 6.07) is 4.35. The SMILES string of the molecule is O=C(NC(CCCCCCCc1ccc2c(n1)NCCC2)C(=O)O)c1cc(F)cc(C(F)(F)F)c1. The van der Waals surface area contributed by atoms with Crippen molar-refractivity contribution < 1.29 is 32.3 Å². The van der Waals surface area contributed by atoms with Gasteiger partial charge in [-0.25, -0.2) is 14.2 Å². The Bertz CT molecular complexity index is 1040. The number of hydrogen-bond acceptors (Lipinski definition) is 4. The molecule has 0 radical (unpaired) electrons. The lowest BCUT2D eigenvalue weighted by Crippen LogP contribution is -2.40. The molecule has 0 aliphatic carbocycles. The fraction of sp³-hybridized carbons (Fsp3) is 0.480. The normalized spacial score (nSPS) is 14.1. The summed E-state index contributed by atoms with van der Waals surface area (Å²) in [5.41, 5.74) is 0.405. The maximum absolute atomic E-state index is 13.5. The summed E-state index contributed by atoms with van der Waals surface area (Å²) < 4.78 is 52.1. The fourth-order valence-electron chi connectivity index (χ4n) is 4.08. The number of halogens is 4. The number of unbranched alkanes of at least 4 members (excludes halogenated alkanes) is 4. The molecular formula is C25H29F4N3O3. The van der Waals surface area contributed by atoms with Crippen molar-refractivity contribution in [3.8, 4) is 0 Å². The molecule has 10 heteroatoms. The lowest BCUT2D eigenvalue weighted by atomic mass is 10.0. The van der Waals surface area contributed by atoms with Gasteiger partial charge in [-0.2, -0.15) is 13.2 Å². The number of nitrogens with one attached hydrogen (secondary N) is 2. The minimum Gasteiger partial charge on any atom is -0.480 e. The van der Waals surface area contributed by atoms with Crippen molar-refractivity contribution in [3.63, 3.8) is 0 Å². The number of benzene rings is 1. The van der Waals surface area contributed by atoms with Crippen LogP contribution in [0.1, 0.15) is 72.1 Å². The van der Waals surface area contributed by atoms with E-state index in [0.717, 1.165) is 63.0 Å². The van der Waals surface area contributed by atoms with E-state index in [1.165, 1.54) is 5.56 Å². The lowest BCUT2D eigenvalue weighted by molar-refractivity contribution is -0.139. The second kappa shape index (κ2) is 12.0. The lowest BCUT2D eigenvalue weighted by Gasteiger charge is -2.17. The maximum Gasteiger partial charge on any atom is 0.416 e. The van der Waals surface area contributed by atoms with Crippen molar-refractivity contribution in [2.24, 2.45) is 0 Å². The molecule has 1 aromatic heterocycles. The molecule has 2 aromatic rings. The Kier molecular flexibility index (Phi) is 9.06. The molecule has 35 heavy (non-hydrogen) atoms. The first-order chi connectivity index (χ1) is 16.6. The van der Waals surface area contributed by atoms with Crippen LogP contribution in [-0.2, 0) is 23.8 Å². The predicted molar refractivity (Wildman–Crippen MR) is 123 cm³/mol. The fourth-order valence-corrected chi connectivity index (χ4v) is 4.08. The number of fused-ring (bicyclic) bond motifs is 1. The van der Waals surface area contributed by atoms with E-state index in [1.54, 1.807) is 0 Å². The van der Waals surface area contributed by atoms with E-state index in [4.69, 9.17) is 0 Å². The van der Waals surface area contributed by atoms with E-state index in [2.05, 4.69) is 27.8 Å². The summed E-state index contributed by atoms with van der Waals surface area (Å²) in [4.78, 5) is 28.4. The summed E-state index contributed by atoms with van der Waals surface area (Å²) in [5.74, 6) is -2.60. The van der Waals surface area contributed by atoms with E-state index in [0.29, 0.717) is 18.6 Å². The summed E-state index contributed by atoms with van der Waals surface area (Å²) in [5, 5.41) is 14.9. The molecule has 2 heterocycles. The highest BCUT2D eigenvalue weighted by atomic mass is 19.4. The zero-order chi connectivity index (χ0) is 25.4. The van der Waals surface area contributed by atoms with E-state index in [9.17, 15) is 32.3 Å². The molecule has 0 spiro atoms. The Hall–Kier alpha value is -3.17. The first kappa shape index (κ1) is 26.4. The molecule has 190 valence electrons. The molecule has 0 saturated heterocycles. The Morgan fingerprint density at radius 3 is 2.57 bits per heavy atom. The third-order valence-corrected chi connectivity index (χ3v) is 5.97. The molecular weight excluding hydrogens is 466 g/mol. The van der Waals surface area contributed by atoms with Crippen molar-refractivity contribution >= 4 is 17.7 Å². The summed E-state index contributed by atoms with van der Waals surface area (Å²) in [6.45, 7) is 0.943. The van der Waals surface area contributed by atoms with Gasteiger partial charge in [0.25, 0.3) is 5.91 Å². The standard InChI is InChI=1S/C25H29F4N3O3/c26-19-14-17(13-18(15-19)25(27,28)29)23(33)32-21(24(34)35)9-5-3-1-2-4-8-20-11-10-16-7-6-12-30-22(16)31-20/h10-11,13-15,21H,1-9,12H2,(H,30,31)(H,32,33)(H,34,35). The third-order valence-electron chi connectivity index (χ3n) is 5.97. The first-order valence-corrected chi connectivity index (χ1v) is 11.8. The molecule has 1 amide bonds. The Labute approximate surface area is 201 Å². The van der Waals surface area contributed by atoms with Crippen molar-refractivity contribution in [3.05, 3.63) is 58.5 Å². The van der Waals surface area contributed by atoms with E-state index in [-0.39, 0.29) is 12.5 Å². The Balaban J connectivity index is 1.40. The number of nitrogens with zero attached hydrogens (tertiary/aromatic N) is 1. The van der Waals surface area contributed by atoms with Crippen LogP contribution in [0, 0.1) is 5.82 Å². The molecule has 1 unspecified atom stereocenters. The highest BCUT2D eigenvalue weighted by Gasteiger charge is 2.32. The van der Waals surface area contributed by atoms with Gasteiger partial charge in [-0.15, -0.1) is 0 Å². The number of carboxylic acids is 1. The number of carbonyl (C=O) groups is 2. The number of alkyl halides is 3. The van der Waals surface area contributed by atoms with E-state index >= 15 is 0 Å². The van der Waals surface area contributed by atoms with Crippen LogP contribution in [0.4, 0.5) is 23.4 Å². The number of aromatic nitrogens is 1. The molecule has 1 aromatic carbocycles. The Morgan fingerprint density at radius 1 is 1.09 bits per heavy atom. The van der Waals surface area contributed by atoms with Crippen LogP contribution in [0.3, 0.4) is 0 Å². The summed E-state index contributed by atoms with van der Waals surface area (Å²) in [7, 11) is 0. The molecule has 0 fully saturated rings. The van der Waals surface area contributed by atoms with Gasteiger partial charge in [0.2, 0.25) is 0 Å². The molecule has 1 atom stereocenters. The van der Waals surface area contributed by atoms with Gasteiger partial charge in [0.05, 0.1) is 5.56 Å². The number of carbonyl (C=O) groups excluding carboxylic acids is 1. The van der Waals surface area contributed by atoms with Gasteiger partial charge in [-0.05, 0) is 61.9 Å². The average molecular weight is 496 g/mol. The number of hydrogen-bond donors (Lipinski definition) is 3. The van der Waals surface area contributed by atoms with Crippen LogP contribution in [0.5, 0.6) is 0 Å². The minimum atomic E-state index is -4.82. The quantitative estimate of drug-likeness (QED) is 0.288. The summed E-state index contributed by atoms with van der Waals surface area (Å²) >= 11 is 0. The van der Waals surface area contributed by atoms with Gasteiger partial charge in [-0.1, -0.05) is 31.7 Å².